The van der Waals surface area contributed by atoms with E-state index in [1.54, 1.807) is 21.3 Å². The smallest absolute Gasteiger partial charge is 0.245 e. The molecule has 3 atom stereocenters. The van der Waals surface area contributed by atoms with Crippen LogP contribution in [0.25, 0.3) is 0 Å². The Bertz CT molecular complexity index is 570. The first-order valence-electron chi connectivity index (χ1n) is 8.81. The standard InChI is InChI=1S/C19H30N2O4/c1-12-8-7-9-13(2)21(12)19(22)14(3)20-15-10-16(23-4)18(25-6)17(11-15)24-5/h10-14,20H,7-9H2,1-6H3/t12-,13+,14-/m0/s1. The number of piperidine rings is 1. The van der Waals surface area contributed by atoms with Gasteiger partial charge >= 0.3 is 0 Å². The minimum atomic E-state index is -0.342. The number of nitrogens with one attached hydrogen (secondary N) is 1. The van der Waals surface area contributed by atoms with Gasteiger partial charge in [0.15, 0.2) is 11.5 Å². The minimum absolute atomic E-state index is 0.119. The number of likely N-dealkylation sites (tertiary alicyclic amines) is 1. The van der Waals surface area contributed by atoms with E-state index in [9.17, 15) is 4.79 Å². The molecule has 0 radical (unpaired) electrons. The fourth-order valence-corrected chi connectivity index (χ4v) is 3.56. The average molecular weight is 350 g/mol. The fraction of sp³-hybridized carbons (Fsp3) is 0.632. The molecule has 6 heteroatoms. The Morgan fingerprint density at radius 3 is 2.04 bits per heavy atom. The highest BCUT2D eigenvalue weighted by Crippen LogP contribution is 2.40. The Kier molecular flexibility index (Phi) is 6.39. The van der Waals surface area contributed by atoms with Gasteiger partial charge in [-0.1, -0.05) is 0 Å². The molecule has 1 amide bonds. The Hall–Kier alpha value is -2.11. The number of carbonyl (C=O) groups is 1. The van der Waals surface area contributed by atoms with Gasteiger partial charge in [0.25, 0.3) is 0 Å². The number of rotatable bonds is 6. The summed E-state index contributed by atoms with van der Waals surface area (Å²) >= 11 is 0. The van der Waals surface area contributed by atoms with Crippen molar-refractivity contribution in [2.24, 2.45) is 0 Å². The van der Waals surface area contributed by atoms with Crippen LogP contribution in [0.3, 0.4) is 0 Å². The van der Waals surface area contributed by atoms with E-state index in [1.165, 1.54) is 6.42 Å². The van der Waals surface area contributed by atoms with E-state index in [0.717, 1.165) is 18.5 Å². The number of hydrogen-bond acceptors (Lipinski definition) is 5. The van der Waals surface area contributed by atoms with Crippen LogP contribution in [0.5, 0.6) is 17.2 Å². The van der Waals surface area contributed by atoms with E-state index < -0.39 is 0 Å². The maximum Gasteiger partial charge on any atom is 0.245 e. The molecular formula is C19H30N2O4. The number of methoxy groups -OCH3 is 3. The molecule has 1 heterocycles. The van der Waals surface area contributed by atoms with Crippen LogP contribution in [-0.2, 0) is 4.79 Å². The van der Waals surface area contributed by atoms with E-state index >= 15 is 0 Å². The largest absolute Gasteiger partial charge is 0.493 e. The topological polar surface area (TPSA) is 60.0 Å². The lowest BCUT2D eigenvalue weighted by atomic mass is 9.96. The van der Waals surface area contributed by atoms with Crippen molar-refractivity contribution in [1.29, 1.82) is 0 Å². The van der Waals surface area contributed by atoms with Gasteiger partial charge in [0.2, 0.25) is 11.7 Å². The van der Waals surface area contributed by atoms with Crippen LogP contribution >= 0.6 is 0 Å². The summed E-state index contributed by atoms with van der Waals surface area (Å²) in [5.41, 5.74) is 0.757. The number of ether oxygens (including phenoxy) is 3. The van der Waals surface area contributed by atoms with Crippen molar-refractivity contribution >= 4 is 11.6 Å². The van der Waals surface area contributed by atoms with Crippen molar-refractivity contribution in [2.45, 2.75) is 58.2 Å². The number of benzene rings is 1. The van der Waals surface area contributed by atoms with Crippen LogP contribution in [0.1, 0.15) is 40.0 Å². The average Bonchev–Trinajstić information content (AvgIpc) is 2.60. The number of hydrogen-bond donors (Lipinski definition) is 1. The highest BCUT2D eigenvalue weighted by atomic mass is 16.5. The maximum absolute atomic E-state index is 12.9. The molecule has 1 aliphatic rings. The van der Waals surface area contributed by atoms with Gasteiger partial charge in [-0.25, -0.2) is 0 Å². The zero-order valence-corrected chi connectivity index (χ0v) is 16.1. The maximum atomic E-state index is 12.9. The van der Waals surface area contributed by atoms with Crippen molar-refractivity contribution in [2.75, 3.05) is 26.6 Å². The molecule has 2 rings (SSSR count). The highest BCUT2D eigenvalue weighted by Gasteiger charge is 2.31. The SMILES string of the molecule is COc1cc(N[C@@H](C)C(=O)N2[C@H](C)CCC[C@@H]2C)cc(OC)c1OC. The van der Waals surface area contributed by atoms with Gasteiger partial charge in [-0.3, -0.25) is 4.79 Å². The van der Waals surface area contributed by atoms with Crippen molar-refractivity contribution in [1.82, 2.24) is 4.90 Å². The first kappa shape index (κ1) is 19.2. The first-order chi connectivity index (χ1) is 11.9. The minimum Gasteiger partial charge on any atom is -0.493 e. The molecule has 1 fully saturated rings. The molecule has 25 heavy (non-hydrogen) atoms. The third-order valence-corrected chi connectivity index (χ3v) is 4.87. The quantitative estimate of drug-likeness (QED) is 0.853. The Morgan fingerprint density at radius 2 is 1.60 bits per heavy atom. The fourth-order valence-electron chi connectivity index (χ4n) is 3.56. The third-order valence-electron chi connectivity index (χ3n) is 4.87. The Labute approximate surface area is 150 Å². The monoisotopic (exact) mass is 350 g/mol. The van der Waals surface area contributed by atoms with Crippen molar-refractivity contribution < 1.29 is 19.0 Å². The number of amides is 1. The molecule has 0 bridgehead atoms. The number of anilines is 1. The molecule has 6 nitrogen and oxygen atoms in total. The van der Waals surface area contributed by atoms with E-state index in [1.807, 2.05) is 24.0 Å². The summed E-state index contributed by atoms with van der Waals surface area (Å²) in [5.74, 6) is 1.77. The van der Waals surface area contributed by atoms with Crippen LogP contribution < -0.4 is 19.5 Å². The first-order valence-corrected chi connectivity index (χ1v) is 8.81. The Morgan fingerprint density at radius 1 is 1.08 bits per heavy atom. The van der Waals surface area contributed by atoms with Gasteiger partial charge in [0, 0.05) is 29.9 Å². The van der Waals surface area contributed by atoms with Crippen LogP contribution in [0.2, 0.25) is 0 Å². The van der Waals surface area contributed by atoms with Crippen LogP contribution in [0.4, 0.5) is 5.69 Å². The number of carbonyl (C=O) groups excluding carboxylic acids is 1. The lowest BCUT2D eigenvalue weighted by Crippen LogP contribution is -2.52. The molecule has 0 aromatic heterocycles. The summed E-state index contributed by atoms with van der Waals surface area (Å²) in [6.07, 6.45) is 3.31. The molecule has 0 saturated carbocycles. The molecule has 1 aromatic carbocycles. The van der Waals surface area contributed by atoms with Crippen molar-refractivity contribution in [3.8, 4) is 17.2 Å². The van der Waals surface area contributed by atoms with Gasteiger partial charge in [-0.05, 0) is 40.0 Å². The number of nitrogens with zero attached hydrogens (tertiary/aromatic N) is 1. The van der Waals surface area contributed by atoms with Gasteiger partial charge in [0.05, 0.1) is 21.3 Å². The van der Waals surface area contributed by atoms with Crippen molar-refractivity contribution in [3.63, 3.8) is 0 Å². The predicted molar refractivity (Wildman–Crippen MR) is 98.8 cm³/mol. The summed E-state index contributed by atoms with van der Waals surface area (Å²) in [6.45, 7) is 6.14. The summed E-state index contributed by atoms with van der Waals surface area (Å²) < 4.78 is 16.1. The summed E-state index contributed by atoms with van der Waals surface area (Å²) in [6, 6.07) is 3.84. The second-order valence-corrected chi connectivity index (χ2v) is 6.65. The van der Waals surface area contributed by atoms with Crippen LogP contribution in [0.15, 0.2) is 12.1 Å². The molecule has 1 aromatic rings. The lowest BCUT2D eigenvalue weighted by molar-refractivity contribution is -0.137. The van der Waals surface area contributed by atoms with Gasteiger partial charge < -0.3 is 24.4 Å². The molecule has 1 aliphatic heterocycles. The van der Waals surface area contributed by atoms with E-state index in [4.69, 9.17) is 14.2 Å². The van der Waals surface area contributed by atoms with E-state index in [0.29, 0.717) is 17.2 Å². The highest BCUT2D eigenvalue weighted by molar-refractivity contribution is 5.85. The molecule has 1 N–H and O–H groups in total. The predicted octanol–water partition coefficient (Wildman–Crippen LogP) is 3.30. The van der Waals surface area contributed by atoms with E-state index in [2.05, 4.69) is 19.2 Å². The second-order valence-electron chi connectivity index (χ2n) is 6.65. The van der Waals surface area contributed by atoms with Gasteiger partial charge in [-0.15, -0.1) is 0 Å². The molecule has 0 spiro atoms. The molecule has 140 valence electrons. The zero-order chi connectivity index (χ0) is 18.6. The van der Waals surface area contributed by atoms with Gasteiger partial charge in [0.1, 0.15) is 6.04 Å². The molecule has 0 unspecified atom stereocenters. The van der Waals surface area contributed by atoms with Crippen molar-refractivity contribution in [3.05, 3.63) is 12.1 Å². The van der Waals surface area contributed by atoms with Crippen LogP contribution in [0, 0.1) is 0 Å². The molecular weight excluding hydrogens is 320 g/mol. The summed E-state index contributed by atoms with van der Waals surface area (Å²) in [4.78, 5) is 14.9. The summed E-state index contributed by atoms with van der Waals surface area (Å²) in [5, 5.41) is 3.27. The lowest BCUT2D eigenvalue weighted by Gasteiger charge is -2.40. The van der Waals surface area contributed by atoms with E-state index in [-0.39, 0.29) is 24.0 Å². The molecule has 0 aliphatic carbocycles. The second kappa shape index (κ2) is 8.32. The molecule has 1 saturated heterocycles. The summed E-state index contributed by atoms with van der Waals surface area (Å²) in [7, 11) is 4.72. The third kappa shape index (κ3) is 4.11. The van der Waals surface area contributed by atoms with Gasteiger partial charge in [-0.2, -0.15) is 0 Å². The van der Waals surface area contributed by atoms with Crippen LogP contribution in [-0.4, -0.2) is 50.3 Å². The Balaban J connectivity index is 2.19. The zero-order valence-electron chi connectivity index (χ0n) is 16.1. The normalized spacial score (nSPS) is 21.4.